The average Bonchev–Trinajstić information content (AvgIpc) is 2.95. The highest BCUT2D eigenvalue weighted by atomic mass is 32.1. The highest BCUT2D eigenvalue weighted by Crippen LogP contribution is 2.27. The quantitative estimate of drug-likeness (QED) is 0.859. The Morgan fingerprint density at radius 3 is 2.60 bits per heavy atom. The summed E-state index contributed by atoms with van der Waals surface area (Å²) in [4.78, 5) is 26.6. The minimum absolute atomic E-state index is 0.214. The van der Waals surface area contributed by atoms with Gasteiger partial charge in [0.15, 0.2) is 0 Å². The fraction of sp³-hybridized carbons (Fsp3) is 0.385. The van der Waals surface area contributed by atoms with Crippen LogP contribution in [0.2, 0.25) is 0 Å². The summed E-state index contributed by atoms with van der Waals surface area (Å²) < 4.78 is 4.98. The van der Waals surface area contributed by atoms with E-state index >= 15 is 0 Å². The Labute approximate surface area is 120 Å². The molecule has 0 atom stereocenters. The number of carboxylic acids is 1. The molecular formula is C13H16N2O4S. The molecule has 1 aliphatic heterocycles. The molecule has 1 aromatic heterocycles. The molecule has 0 radical (unpaired) electrons. The second kappa shape index (κ2) is 6.42. The van der Waals surface area contributed by atoms with E-state index in [1.165, 1.54) is 17.4 Å². The van der Waals surface area contributed by atoms with Crippen LogP contribution in [-0.2, 0) is 4.74 Å². The molecular weight excluding hydrogens is 280 g/mol. The van der Waals surface area contributed by atoms with E-state index in [2.05, 4.69) is 11.5 Å². The van der Waals surface area contributed by atoms with E-state index in [9.17, 15) is 9.59 Å². The Morgan fingerprint density at radius 1 is 1.35 bits per heavy atom. The van der Waals surface area contributed by atoms with Crippen LogP contribution in [0.15, 0.2) is 24.8 Å². The van der Waals surface area contributed by atoms with Crippen LogP contribution in [0, 0.1) is 0 Å². The van der Waals surface area contributed by atoms with Gasteiger partial charge in [0.1, 0.15) is 11.5 Å². The highest BCUT2D eigenvalue weighted by molar-refractivity contribution is 7.17. The fourth-order valence-corrected chi connectivity index (χ4v) is 2.84. The van der Waals surface area contributed by atoms with Crippen molar-refractivity contribution < 1.29 is 19.4 Å². The van der Waals surface area contributed by atoms with Crippen molar-refractivity contribution in [1.82, 2.24) is 4.90 Å². The summed E-state index contributed by atoms with van der Waals surface area (Å²) in [6.45, 7) is 6.18. The molecule has 6 nitrogen and oxygen atoms in total. The first-order valence-electron chi connectivity index (χ1n) is 6.22. The van der Waals surface area contributed by atoms with E-state index in [-0.39, 0.29) is 12.7 Å². The minimum Gasteiger partial charge on any atom is -0.477 e. The lowest BCUT2D eigenvalue weighted by atomic mass is 10.3. The van der Waals surface area contributed by atoms with E-state index in [0.717, 1.165) is 5.00 Å². The number of hydrogen-bond acceptors (Lipinski definition) is 5. The number of anilines is 1. The number of carboxylic acid groups (broad SMARTS) is 1. The van der Waals surface area contributed by atoms with Gasteiger partial charge in [-0.15, -0.1) is 11.3 Å². The van der Waals surface area contributed by atoms with Crippen molar-refractivity contribution in [2.75, 3.05) is 37.7 Å². The topological polar surface area (TPSA) is 70.1 Å². The second-order valence-electron chi connectivity index (χ2n) is 4.28. The Hall–Kier alpha value is -2.02. The van der Waals surface area contributed by atoms with Crippen LogP contribution in [0.25, 0.3) is 0 Å². The molecule has 1 amide bonds. The van der Waals surface area contributed by atoms with Gasteiger partial charge in [-0.1, -0.05) is 12.7 Å². The molecule has 0 spiro atoms. The molecule has 2 rings (SSSR count). The smallest absolute Gasteiger partial charge is 0.410 e. The van der Waals surface area contributed by atoms with Gasteiger partial charge in [-0.25, -0.2) is 9.59 Å². The Bertz CT molecular complexity index is 506. The van der Waals surface area contributed by atoms with Crippen LogP contribution in [0.4, 0.5) is 9.80 Å². The monoisotopic (exact) mass is 296 g/mol. The van der Waals surface area contributed by atoms with Gasteiger partial charge in [0.2, 0.25) is 0 Å². The normalized spacial score (nSPS) is 15.0. The summed E-state index contributed by atoms with van der Waals surface area (Å²) in [6, 6.07) is 3.41. The van der Waals surface area contributed by atoms with Crippen molar-refractivity contribution >= 4 is 28.4 Å². The predicted octanol–water partition coefficient (Wildman–Crippen LogP) is 1.89. The van der Waals surface area contributed by atoms with Crippen molar-refractivity contribution in [3.63, 3.8) is 0 Å². The summed E-state index contributed by atoms with van der Waals surface area (Å²) in [6.07, 6.45) is 1.20. The lowest BCUT2D eigenvalue weighted by Gasteiger charge is -2.34. The standard InChI is InChI=1S/C13H16N2O4S/c1-2-9-19-13(18)15-7-5-14(6-8-15)11-4-3-10(20-11)12(16)17/h2-4H,1,5-9H2,(H,16,17). The van der Waals surface area contributed by atoms with Crippen LogP contribution in [-0.4, -0.2) is 54.9 Å². The third-order valence-electron chi connectivity index (χ3n) is 2.98. The molecule has 1 aromatic rings. The van der Waals surface area contributed by atoms with E-state index < -0.39 is 5.97 Å². The van der Waals surface area contributed by atoms with Crippen LogP contribution >= 0.6 is 11.3 Å². The predicted molar refractivity (Wildman–Crippen MR) is 76.6 cm³/mol. The van der Waals surface area contributed by atoms with E-state index in [0.29, 0.717) is 31.1 Å². The Balaban J connectivity index is 1.88. The van der Waals surface area contributed by atoms with Gasteiger partial charge in [0, 0.05) is 26.2 Å². The van der Waals surface area contributed by atoms with E-state index in [1.807, 2.05) is 0 Å². The molecule has 0 unspecified atom stereocenters. The number of rotatable bonds is 4. The third-order valence-corrected chi connectivity index (χ3v) is 4.11. The summed E-state index contributed by atoms with van der Waals surface area (Å²) in [7, 11) is 0. The van der Waals surface area contributed by atoms with Gasteiger partial charge in [-0.05, 0) is 12.1 Å². The van der Waals surface area contributed by atoms with Gasteiger partial charge in [-0.3, -0.25) is 0 Å². The SMILES string of the molecule is C=CCOC(=O)N1CCN(c2ccc(C(=O)O)s2)CC1. The lowest BCUT2D eigenvalue weighted by molar-refractivity contribution is 0.0702. The van der Waals surface area contributed by atoms with Crippen molar-refractivity contribution in [2.45, 2.75) is 0 Å². The zero-order chi connectivity index (χ0) is 14.5. The molecule has 7 heteroatoms. The number of piperazine rings is 1. The second-order valence-corrected chi connectivity index (χ2v) is 5.34. The summed E-state index contributed by atoms with van der Waals surface area (Å²) in [5.74, 6) is -0.909. The molecule has 1 N–H and O–H groups in total. The van der Waals surface area contributed by atoms with E-state index in [4.69, 9.17) is 9.84 Å². The Morgan fingerprint density at radius 2 is 2.05 bits per heavy atom. The molecule has 0 saturated carbocycles. The molecule has 1 saturated heterocycles. The molecule has 1 aliphatic rings. The summed E-state index contributed by atoms with van der Waals surface area (Å²) in [5, 5.41) is 9.83. The zero-order valence-corrected chi connectivity index (χ0v) is 11.8. The maximum absolute atomic E-state index is 11.7. The molecule has 108 valence electrons. The maximum Gasteiger partial charge on any atom is 0.410 e. The first-order chi connectivity index (χ1) is 9.61. The number of amides is 1. The first kappa shape index (κ1) is 14.4. The number of carbonyl (C=O) groups is 2. The van der Waals surface area contributed by atoms with Gasteiger partial charge in [0.25, 0.3) is 0 Å². The minimum atomic E-state index is -0.909. The van der Waals surface area contributed by atoms with Crippen LogP contribution in [0.1, 0.15) is 9.67 Å². The summed E-state index contributed by atoms with van der Waals surface area (Å²) >= 11 is 1.25. The van der Waals surface area contributed by atoms with Gasteiger partial charge in [-0.2, -0.15) is 0 Å². The molecule has 2 heterocycles. The number of aromatic carboxylic acids is 1. The van der Waals surface area contributed by atoms with Crippen molar-refractivity contribution in [2.24, 2.45) is 0 Å². The highest BCUT2D eigenvalue weighted by Gasteiger charge is 2.23. The largest absolute Gasteiger partial charge is 0.477 e. The van der Waals surface area contributed by atoms with Crippen LogP contribution in [0.5, 0.6) is 0 Å². The summed E-state index contributed by atoms with van der Waals surface area (Å²) in [5.41, 5.74) is 0. The number of hydrogen-bond donors (Lipinski definition) is 1. The Kier molecular flexibility index (Phi) is 4.62. The van der Waals surface area contributed by atoms with Gasteiger partial charge < -0.3 is 19.6 Å². The maximum atomic E-state index is 11.7. The number of carbonyl (C=O) groups excluding carboxylic acids is 1. The van der Waals surface area contributed by atoms with Crippen molar-refractivity contribution in [3.8, 4) is 0 Å². The lowest BCUT2D eigenvalue weighted by Crippen LogP contribution is -2.48. The molecule has 0 aliphatic carbocycles. The molecule has 0 bridgehead atoms. The van der Waals surface area contributed by atoms with Crippen LogP contribution < -0.4 is 4.90 Å². The van der Waals surface area contributed by atoms with E-state index in [1.54, 1.807) is 17.0 Å². The number of ether oxygens (including phenoxy) is 1. The van der Waals surface area contributed by atoms with Crippen molar-refractivity contribution in [3.05, 3.63) is 29.7 Å². The average molecular weight is 296 g/mol. The third kappa shape index (κ3) is 3.30. The van der Waals surface area contributed by atoms with Crippen LogP contribution in [0.3, 0.4) is 0 Å². The number of thiophene rings is 1. The zero-order valence-electron chi connectivity index (χ0n) is 10.9. The first-order valence-corrected chi connectivity index (χ1v) is 7.04. The fourth-order valence-electron chi connectivity index (χ4n) is 1.94. The van der Waals surface area contributed by atoms with Gasteiger partial charge in [0.05, 0.1) is 5.00 Å². The van der Waals surface area contributed by atoms with Gasteiger partial charge >= 0.3 is 12.1 Å². The molecule has 1 fully saturated rings. The molecule has 20 heavy (non-hydrogen) atoms. The molecule has 0 aromatic carbocycles. The van der Waals surface area contributed by atoms with Crippen molar-refractivity contribution in [1.29, 1.82) is 0 Å². The number of nitrogens with zero attached hydrogens (tertiary/aromatic N) is 2.